The molecule has 1 atom stereocenters. The van der Waals surface area contributed by atoms with E-state index >= 15 is 0 Å². The van der Waals surface area contributed by atoms with Crippen LogP contribution in [0.25, 0.3) is 11.5 Å². The Balaban J connectivity index is 2.40. The Morgan fingerprint density at radius 1 is 1.29 bits per heavy atom. The number of rotatable bonds is 3. The quantitative estimate of drug-likeness (QED) is 0.813. The molecule has 0 saturated heterocycles. The molecule has 0 saturated carbocycles. The summed E-state index contributed by atoms with van der Waals surface area (Å²) in [6.07, 6.45) is 3.21. The summed E-state index contributed by atoms with van der Waals surface area (Å²) in [6, 6.07) is 5.51. The topological polar surface area (TPSA) is 46.5 Å². The summed E-state index contributed by atoms with van der Waals surface area (Å²) in [6.45, 7) is 2.05. The predicted octanol–water partition coefficient (Wildman–Crippen LogP) is 2.64. The van der Waals surface area contributed by atoms with Crippen LogP contribution < -0.4 is 0 Å². The fraction of sp³-hybridized carbons (Fsp3) is 0.273. The lowest BCUT2D eigenvalue weighted by atomic mass is 10.0. The van der Waals surface area contributed by atoms with Crippen molar-refractivity contribution in [2.24, 2.45) is 0 Å². The Labute approximate surface area is 82.0 Å². The smallest absolute Gasteiger partial charge is 0.172 e. The molecule has 0 aromatic carbocycles. The third kappa shape index (κ3) is 1.46. The van der Waals surface area contributed by atoms with Crippen LogP contribution in [-0.4, -0.2) is 11.7 Å². The van der Waals surface area contributed by atoms with Gasteiger partial charge in [-0.1, -0.05) is 6.92 Å². The van der Waals surface area contributed by atoms with Crippen molar-refractivity contribution in [3.63, 3.8) is 0 Å². The Hall–Kier alpha value is -1.48. The largest absolute Gasteiger partial charge is 0.461 e. The van der Waals surface area contributed by atoms with E-state index in [0.29, 0.717) is 11.5 Å². The Bertz CT molecular complexity index is 386. The van der Waals surface area contributed by atoms with Gasteiger partial charge in [0.15, 0.2) is 11.5 Å². The van der Waals surface area contributed by atoms with Crippen molar-refractivity contribution in [1.82, 2.24) is 0 Å². The normalized spacial score (nSPS) is 13.0. The van der Waals surface area contributed by atoms with Crippen molar-refractivity contribution in [3.05, 3.63) is 36.3 Å². The van der Waals surface area contributed by atoms with Gasteiger partial charge >= 0.3 is 0 Å². The van der Waals surface area contributed by atoms with Crippen molar-refractivity contribution < 1.29 is 13.9 Å². The third-order valence-electron chi connectivity index (χ3n) is 2.25. The summed E-state index contributed by atoms with van der Waals surface area (Å²) in [4.78, 5) is 0. The first-order chi connectivity index (χ1) is 6.83. The number of hydrogen-bond acceptors (Lipinski definition) is 3. The number of aliphatic hydroxyl groups excluding tert-OH is 1. The fourth-order valence-electron chi connectivity index (χ4n) is 1.41. The molecule has 2 aromatic rings. The minimum Gasteiger partial charge on any atom is -0.461 e. The van der Waals surface area contributed by atoms with Gasteiger partial charge in [-0.05, 0) is 18.2 Å². The molecule has 0 fully saturated rings. The van der Waals surface area contributed by atoms with Gasteiger partial charge in [-0.25, -0.2) is 0 Å². The summed E-state index contributed by atoms with van der Waals surface area (Å²) in [7, 11) is 0. The minimum atomic E-state index is 0.0637. The van der Waals surface area contributed by atoms with Crippen LogP contribution in [0.15, 0.2) is 39.6 Å². The Kier molecular flexibility index (Phi) is 2.41. The van der Waals surface area contributed by atoms with E-state index in [0.717, 1.165) is 5.56 Å². The van der Waals surface area contributed by atoms with Crippen molar-refractivity contribution in [3.8, 4) is 11.5 Å². The van der Waals surface area contributed by atoms with Crippen LogP contribution in [0, 0.1) is 0 Å². The standard InChI is InChI=1S/C11H12O3/c1-8(7-12)9-4-6-14-11(9)10-3-2-5-13-10/h2-6,8,12H,7H2,1H3. The van der Waals surface area contributed by atoms with Gasteiger partial charge in [0.1, 0.15) is 0 Å². The van der Waals surface area contributed by atoms with Gasteiger partial charge in [0.05, 0.1) is 12.5 Å². The number of aliphatic hydroxyl groups is 1. The Morgan fingerprint density at radius 3 is 2.79 bits per heavy atom. The lowest BCUT2D eigenvalue weighted by molar-refractivity contribution is 0.272. The molecule has 2 aromatic heterocycles. The average molecular weight is 192 g/mol. The molecule has 74 valence electrons. The van der Waals surface area contributed by atoms with Gasteiger partial charge in [0, 0.05) is 18.1 Å². The third-order valence-corrected chi connectivity index (χ3v) is 2.25. The van der Waals surface area contributed by atoms with Crippen molar-refractivity contribution in [2.45, 2.75) is 12.8 Å². The molecule has 2 rings (SSSR count). The molecule has 0 spiro atoms. The van der Waals surface area contributed by atoms with Crippen LogP contribution in [0.1, 0.15) is 18.4 Å². The summed E-state index contributed by atoms with van der Waals surface area (Å²) in [5.74, 6) is 1.47. The average Bonchev–Trinajstić information content (AvgIpc) is 2.85. The van der Waals surface area contributed by atoms with E-state index in [1.165, 1.54) is 0 Å². The van der Waals surface area contributed by atoms with E-state index in [4.69, 9.17) is 13.9 Å². The highest BCUT2D eigenvalue weighted by molar-refractivity contribution is 5.55. The molecule has 0 aliphatic heterocycles. The molecule has 14 heavy (non-hydrogen) atoms. The maximum atomic E-state index is 9.06. The molecule has 1 unspecified atom stereocenters. The zero-order valence-electron chi connectivity index (χ0n) is 7.93. The maximum absolute atomic E-state index is 9.06. The summed E-state index contributed by atoms with van der Waals surface area (Å²) in [5.41, 5.74) is 0.974. The fourth-order valence-corrected chi connectivity index (χ4v) is 1.41. The SMILES string of the molecule is CC(CO)c1ccoc1-c1ccco1. The van der Waals surface area contributed by atoms with Crippen molar-refractivity contribution in [1.29, 1.82) is 0 Å². The molecule has 0 aliphatic rings. The molecule has 0 amide bonds. The summed E-state index contributed by atoms with van der Waals surface area (Å²) in [5, 5.41) is 9.06. The summed E-state index contributed by atoms with van der Waals surface area (Å²) >= 11 is 0. The van der Waals surface area contributed by atoms with E-state index in [-0.39, 0.29) is 12.5 Å². The second-order valence-corrected chi connectivity index (χ2v) is 3.27. The highest BCUT2D eigenvalue weighted by Gasteiger charge is 2.15. The first-order valence-electron chi connectivity index (χ1n) is 4.55. The van der Waals surface area contributed by atoms with Crippen LogP contribution in [0.3, 0.4) is 0 Å². The Morgan fingerprint density at radius 2 is 2.14 bits per heavy atom. The van der Waals surface area contributed by atoms with E-state index in [1.54, 1.807) is 12.5 Å². The molecule has 0 bridgehead atoms. The molecule has 2 heterocycles. The summed E-state index contributed by atoms with van der Waals surface area (Å²) < 4.78 is 10.6. The lowest BCUT2D eigenvalue weighted by Crippen LogP contribution is -1.98. The van der Waals surface area contributed by atoms with E-state index in [9.17, 15) is 0 Å². The maximum Gasteiger partial charge on any atom is 0.172 e. The zero-order chi connectivity index (χ0) is 9.97. The van der Waals surface area contributed by atoms with Gasteiger partial charge < -0.3 is 13.9 Å². The minimum absolute atomic E-state index is 0.0637. The first kappa shape index (κ1) is 9.09. The highest BCUT2D eigenvalue weighted by atomic mass is 16.4. The molecular weight excluding hydrogens is 180 g/mol. The molecular formula is C11H12O3. The number of furan rings is 2. The number of hydrogen-bond donors (Lipinski definition) is 1. The highest BCUT2D eigenvalue weighted by Crippen LogP contribution is 2.30. The molecule has 0 radical (unpaired) electrons. The van der Waals surface area contributed by atoms with Crippen LogP contribution in [0.5, 0.6) is 0 Å². The molecule has 3 nitrogen and oxygen atoms in total. The molecule has 1 N–H and O–H groups in total. The van der Waals surface area contributed by atoms with Gasteiger partial charge in [0.25, 0.3) is 0 Å². The van der Waals surface area contributed by atoms with Gasteiger partial charge in [-0.2, -0.15) is 0 Å². The van der Waals surface area contributed by atoms with Crippen LogP contribution in [0.2, 0.25) is 0 Å². The van der Waals surface area contributed by atoms with E-state index in [1.807, 2.05) is 25.1 Å². The molecule has 0 aliphatic carbocycles. The predicted molar refractivity (Wildman–Crippen MR) is 51.9 cm³/mol. The van der Waals surface area contributed by atoms with E-state index < -0.39 is 0 Å². The second-order valence-electron chi connectivity index (χ2n) is 3.27. The van der Waals surface area contributed by atoms with Crippen molar-refractivity contribution in [2.75, 3.05) is 6.61 Å². The van der Waals surface area contributed by atoms with Crippen LogP contribution in [0.4, 0.5) is 0 Å². The van der Waals surface area contributed by atoms with Gasteiger partial charge in [0.2, 0.25) is 0 Å². The van der Waals surface area contributed by atoms with Gasteiger partial charge in [-0.15, -0.1) is 0 Å². The molecule has 3 heteroatoms. The second kappa shape index (κ2) is 3.72. The first-order valence-corrected chi connectivity index (χ1v) is 4.55. The monoisotopic (exact) mass is 192 g/mol. The van der Waals surface area contributed by atoms with E-state index in [2.05, 4.69) is 0 Å². The van der Waals surface area contributed by atoms with Crippen molar-refractivity contribution >= 4 is 0 Å². The van der Waals surface area contributed by atoms with Crippen LogP contribution in [-0.2, 0) is 0 Å². The van der Waals surface area contributed by atoms with Gasteiger partial charge in [-0.3, -0.25) is 0 Å². The zero-order valence-corrected chi connectivity index (χ0v) is 7.93. The van der Waals surface area contributed by atoms with Crippen LogP contribution >= 0.6 is 0 Å². The lowest BCUT2D eigenvalue weighted by Gasteiger charge is -2.05.